The molecule has 0 atom stereocenters. The Labute approximate surface area is 122 Å². The van der Waals surface area contributed by atoms with Gasteiger partial charge in [-0.3, -0.25) is 29.8 Å². The number of nitro benzene ring substituents is 2. The summed E-state index contributed by atoms with van der Waals surface area (Å²) in [6.07, 6.45) is 4.99. The van der Waals surface area contributed by atoms with Gasteiger partial charge in [-0.05, 0) is 24.3 Å². The lowest BCUT2D eigenvalue weighted by Crippen LogP contribution is -2.05. The van der Waals surface area contributed by atoms with Crippen LogP contribution in [0.3, 0.4) is 0 Å². The normalized spacial score (nSPS) is 13.1. The molecule has 0 aliphatic heterocycles. The van der Waals surface area contributed by atoms with Gasteiger partial charge < -0.3 is 0 Å². The molecule has 22 heavy (non-hydrogen) atoms. The molecule has 9 nitrogen and oxygen atoms in total. The van der Waals surface area contributed by atoms with Crippen molar-refractivity contribution in [1.82, 2.24) is 0 Å². The number of hydrogen-bond donors (Lipinski definition) is 0. The van der Waals surface area contributed by atoms with Crippen molar-refractivity contribution in [2.24, 2.45) is 4.99 Å². The molecular weight excluding hydrogens is 294 g/mol. The van der Waals surface area contributed by atoms with E-state index in [0.717, 1.165) is 18.2 Å². The Morgan fingerprint density at radius 3 is 1.86 bits per heavy atom. The SMILES string of the molecule is O=C1C=CC(=NC(=O)c2cc([N+](=O)[O-])cc([N+](=O)[O-])c2)C=C1. The molecule has 9 heteroatoms. The third-order valence-electron chi connectivity index (χ3n) is 2.64. The van der Waals surface area contributed by atoms with Gasteiger partial charge in [-0.15, -0.1) is 0 Å². The molecule has 0 fully saturated rings. The lowest BCUT2D eigenvalue weighted by atomic mass is 10.1. The zero-order chi connectivity index (χ0) is 16.3. The molecule has 1 aromatic carbocycles. The first-order valence-corrected chi connectivity index (χ1v) is 5.84. The first-order chi connectivity index (χ1) is 10.4. The average molecular weight is 301 g/mol. The molecule has 0 saturated carbocycles. The van der Waals surface area contributed by atoms with E-state index in [1.54, 1.807) is 0 Å². The molecule has 1 amide bonds. The molecule has 0 saturated heterocycles. The number of nitrogens with zero attached hydrogens (tertiary/aromatic N) is 3. The van der Waals surface area contributed by atoms with Crippen molar-refractivity contribution in [1.29, 1.82) is 0 Å². The Kier molecular flexibility index (Phi) is 3.98. The minimum atomic E-state index is -0.884. The number of hydrogen-bond acceptors (Lipinski definition) is 6. The summed E-state index contributed by atoms with van der Waals surface area (Å²) in [5, 5.41) is 21.5. The monoisotopic (exact) mass is 301 g/mol. The maximum Gasteiger partial charge on any atom is 0.278 e. The number of carbonyl (C=O) groups excluding carboxylic acids is 2. The van der Waals surface area contributed by atoms with Gasteiger partial charge in [-0.2, -0.15) is 0 Å². The Bertz CT molecular complexity index is 741. The van der Waals surface area contributed by atoms with Crippen molar-refractivity contribution in [2.75, 3.05) is 0 Å². The Balaban J connectivity index is 2.41. The first-order valence-electron chi connectivity index (χ1n) is 5.84. The van der Waals surface area contributed by atoms with Crippen LogP contribution in [0.1, 0.15) is 10.4 Å². The van der Waals surface area contributed by atoms with Gasteiger partial charge in [-0.1, -0.05) is 0 Å². The van der Waals surface area contributed by atoms with Crippen LogP contribution in [0.15, 0.2) is 47.5 Å². The number of benzene rings is 1. The Morgan fingerprint density at radius 1 is 0.909 bits per heavy atom. The second-order valence-electron chi connectivity index (χ2n) is 4.16. The van der Waals surface area contributed by atoms with Gasteiger partial charge in [-0.25, -0.2) is 4.99 Å². The van der Waals surface area contributed by atoms with E-state index >= 15 is 0 Å². The third-order valence-corrected chi connectivity index (χ3v) is 2.64. The van der Waals surface area contributed by atoms with Gasteiger partial charge in [0.2, 0.25) is 0 Å². The van der Waals surface area contributed by atoms with E-state index in [9.17, 15) is 29.8 Å². The maximum atomic E-state index is 12.0. The van der Waals surface area contributed by atoms with Crippen LogP contribution in [0.2, 0.25) is 0 Å². The standard InChI is InChI=1S/C13H7N3O6/c17-12-3-1-9(2-4-12)14-13(18)8-5-10(15(19)20)7-11(6-8)16(21)22/h1-7H. The van der Waals surface area contributed by atoms with Crippen molar-refractivity contribution in [3.63, 3.8) is 0 Å². The highest BCUT2D eigenvalue weighted by atomic mass is 16.6. The molecule has 0 radical (unpaired) electrons. The van der Waals surface area contributed by atoms with Crippen LogP contribution in [0.5, 0.6) is 0 Å². The van der Waals surface area contributed by atoms with Crippen LogP contribution in [0.4, 0.5) is 11.4 Å². The molecule has 0 N–H and O–H groups in total. The number of rotatable bonds is 3. The predicted molar refractivity (Wildman–Crippen MR) is 74.8 cm³/mol. The lowest BCUT2D eigenvalue weighted by molar-refractivity contribution is -0.394. The molecular formula is C13H7N3O6. The van der Waals surface area contributed by atoms with Gasteiger partial charge in [0.25, 0.3) is 17.3 Å². The fraction of sp³-hybridized carbons (Fsp3) is 0. The van der Waals surface area contributed by atoms with Crippen molar-refractivity contribution in [3.05, 3.63) is 68.3 Å². The summed E-state index contributed by atoms with van der Waals surface area (Å²) >= 11 is 0. The first kappa shape index (κ1) is 14.9. The molecule has 0 bridgehead atoms. The van der Waals surface area contributed by atoms with Crippen LogP contribution in [0, 0.1) is 20.2 Å². The molecule has 1 aliphatic carbocycles. The van der Waals surface area contributed by atoms with Gasteiger partial charge in [0.15, 0.2) is 5.78 Å². The molecule has 0 heterocycles. The van der Waals surface area contributed by atoms with E-state index < -0.39 is 27.1 Å². The van der Waals surface area contributed by atoms with Gasteiger partial charge in [0.1, 0.15) is 0 Å². The van der Waals surface area contributed by atoms with E-state index in [1.807, 2.05) is 0 Å². The largest absolute Gasteiger partial charge is 0.290 e. The zero-order valence-corrected chi connectivity index (χ0v) is 10.8. The third kappa shape index (κ3) is 3.33. The van der Waals surface area contributed by atoms with Crippen molar-refractivity contribution >= 4 is 28.8 Å². The highest BCUT2D eigenvalue weighted by Crippen LogP contribution is 2.23. The number of ketones is 1. The van der Waals surface area contributed by atoms with Crippen LogP contribution in [-0.2, 0) is 4.79 Å². The molecule has 0 unspecified atom stereocenters. The Morgan fingerprint density at radius 2 is 1.41 bits per heavy atom. The number of allylic oxidation sites excluding steroid dienone is 4. The summed E-state index contributed by atoms with van der Waals surface area (Å²) in [7, 11) is 0. The van der Waals surface area contributed by atoms with E-state index in [2.05, 4.69) is 4.99 Å². The summed E-state index contributed by atoms with van der Waals surface area (Å²) < 4.78 is 0. The van der Waals surface area contributed by atoms with Gasteiger partial charge in [0, 0.05) is 12.1 Å². The maximum absolute atomic E-state index is 12.0. The summed E-state index contributed by atoms with van der Waals surface area (Å²) in [4.78, 5) is 46.4. The van der Waals surface area contributed by atoms with Crippen LogP contribution in [-0.4, -0.2) is 27.2 Å². The molecule has 110 valence electrons. The molecule has 1 aromatic rings. The summed E-state index contributed by atoms with van der Waals surface area (Å²) in [6, 6.07) is 2.56. The quantitative estimate of drug-likeness (QED) is 0.474. The molecule has 0 spiro atoms. The molecule has 1 aliphatic rings. The number of nitro groups is 2. The molecule has 0 aromatic heterocycles. The summed E-state index contributed by atoms with van der Waals surface area (Å²) in [6.45, 7) is 0. The van der Waals surface area contributed by atoms with Crippen molar-refractivity contribution < 1.29 is 19.4 Å². The Hall–Kier alpha value is -3.49. The van der Waals surface area contributed by atoms with Crippen molar-refractivity contribution in [2.45, 2.75) is 0 Å². The van der Waals surface area contributed by atoms with Gasteiger partial charge in [0.05, 0.1) is 27.2 Å². The average Bonchev–Trinajstić information content (AvgIpc) is 2.49. The second kappa shape index (κ2) is 5.87. The minimum Gasteiger partial charge on any atom is -0.290 e. The van der Waals surface area contributed by atoms with E-state index in [-0.39, 0.29) is 17.1 Å². The highest BCUT2D eigenvalue weighted by molar-refractivity contribution is 6.20. The van der Waals surface area contributed by atoms with E-state index in [1.165, 1.54) is 24.3 Å². The van der Waals surface area contributed by atoms with Gasteiger partial charge >= 0.3 is 0 Å². The van der Waals surface area contributed by atoms with E-state index in [0.29, 0.717) is 0 Å². The number of non-ortho nitro benzene ring substituents is 2. The van der Waals surface area contributed by atoms with Crippen LogP contribution >= 0.6 is 0 Å². The summed E-state index contributed by atoms with van der Waals surface area (Å²) in [5.41, 5.74) is -1.28. The minimum absolute atomic E-state index is 0.166. The fourth-order valence-corrected chi connectivity index (χ4v) is 1.63. The topological polar surface area (TPSA) is 133 Å². The lowest BCUT2D eigenvalue weighted by Gasteiger charge is -2.00. The fourth-order valence-electron chi connectivity index (χ4n) is 1.63. The smallest absolute Gasteiger partial charge is 0.278 e. The zero-order valence-electron chi connectivity index (χ0n) is 10.8. The second-order valence-corrected chi connectivity index (χ2v) is 4.16. The number of aliphatic imine (C=N–C) groups is 1. The predicted octanol–water partition coefficient (Wildman–Crippen LogP) is 1.78. The van der Waals surface area contributed by atoms with Crippen LogP contribution < -0.4 is 0 Å². The number of amides is 1. The van der Waals surface area contributed by atoms with Crippen molar-refractivity contribution in [3.8, 4) is 0 Å². The highest BCUT2D eigenvalue weighted by Gasteiger charge is 2.19. The summed E-state index contributed by atoms with van der Waals surface area (Å²) in [5.74, 6) is -1.15. The number of carbonyl (C=O) groups is 2. The van der Waals surface area contributed by atoms with E-state index in [4.69, 9.17) is 0 Å². The van der Waals surface area contributed by atoms with Crippen LogP contribution in [0.25, 0.3) is 0 Å². The molecule has 2 rings (SSSR count).